The predicted octanol–water partition coefficient (Wildman–Crippen LogP) is 2.67. The highest BCUT2D eigenvalue weighted by Crippen LogP contribution is 2.27. The first-order chi connectivity index (χ1) is 16.6. The smallest absolute Gasteiger partial charge is 0.267 e. The van der Waals surface area contributed by atoms with Crippen molar-refractivity contribution >= 4 is 29.6 Å². The lowest BCUT2D eigenvalue weighted by Crippen LogP contribution is -2.21. The largest absolute Gasteiger partial charge is 0.268 e. The molecule has 12 heteroatoms. The maximum Gasteiger partial charge on any atom is 0.267 e. The number of anilines is 1. The van der Waals surface area contributed by atoms with E-state index in [1.807, 2.05) is 56.3 Å². The summed E-state index contributed by atoms with van der Waals surface area (Å²) in [7, 11) is 0. The van der Waals surface area contributed by atoms with E-state index in [0.717, 1.165) is 17.1 Å². The van der Waals surface area contributed by atoms with Gasteiger partial charge >= 0.3 is 0 Å². The van der Waals surface area contributed by atoms with Crippen LogP contribution in [0.1, 0.15) is 17.0 Å². The molecule has 0 atom stereocenters. The number of hydrogen-bond acceptors (Lipinski definition) is 10. The van der Waals surface area contributed by atoms with Crippen LogP contribution >= 0.6 is 11.8 Å². The fourth-order valence-electron chi connectivity index (χ4n) is 3.26. The first-order valence-corrected chi connectivity index (χ1v) is 11.0. The van der Waals surface area contributed by atoms with Gasteiger partial charge in [-0.25, -0.2) is 20.4 Å². The van der Waals surface area contributed by atoms with Gasteiger partial charge in [-0.05, 0) is 66.4 Å². The Bertz CT molecular complexity index is 1540. The summed E-state index contributed by atoms with van der Waals surface area (Å²) in [6.45, 7) is 3.74. The second-order valence-corrected chi connectivity index (χ2v) is 8.18. The molecule has 4 aromatic heterocycles. The van der Waals surface area contributed by atoms with Crippen LogP contribution in [0.3, 0.4) is 0 Å². The van der Waals surface area contributed by atoms with Crippen LogP contribution in [0.25, 0.3) is 11.3 Å². The topological polar surface area (TPSA) is 128 Å². The zero-order chi connectivity index (χ0) is 23.5. The van der Waals surface area contributed by atoms with Crippen molar-refractivity contribution < 1.29 is 0 Å². The lowest BCUT2D eigenvalue weighted by atomic mass is 10.3. The van der Waals surface area contributed by atoms with Gasteiger partial charge in [-0.2, -0.15) is 9.78 Å². The lowest BCUT2D eigenvalue weighted by molar-refractivity contribution is 0.755. The summed E-state index contributed by atoms with van der Waals surface area (Å²) in [5, 5.41) is 17.1. The van der Waals surface area contributed by atoms with Gasteiger partial charge < -0.3 is 0 Å². The molecule has 5 rings (SSSR count). The number of hydrogen-bond donors (Lipinski definition) is 1. The SMILES string of the molecule is Cc1cc(C)nc(NN=Cc2c(Sc3nnnn3-c3ccccc3)nc3ccccn3c2=O)n1. The van der Waals surface area contributed by atoms with Crippen LogP contribution in [-0.2, 0) is 0 Å². The zero-order valence-corrected chi connectivity index (χ0v) is 19.0. The molecule has 168 valence electrons. The van der Waals surface area contributed by atoms with E-state index in [2.05, 4.69) is 41.0 Å². The second kappa shape index (κ2) is 9.19. The number of fused-ring (bicyclic) bond motifs is 1. The molecule has 11 nitrogen and oxygen atoms in total. The molecule has 0 aliphatic heterocycles. The van der Waals surface area contributed by atoms with Crippen molar-refractivity contribution in [1.82, 2.24) is 39.6 Å². The van der Waals surface area contributed by atoms with Gasteiger partial charge in [0.1, 0.15) is 10.7 Å². The van der Waals surface area contributed by atoms with E-state index in [9.17, 15) is 4.79 Å². The Hall–Kier alpha value is -4.45. The highest BCUT2D eigenvalue weighted by atomic mass is 32.2. The molecular formula is C22H18N10OS. The summed E-state index contributed by atoms with van der Waals surface area (Å²) < 4.78 is 3.04. The van der Waals surface area contributed by atoms with E-state index in [1.165, 1.54) is 22.4 Å². The Kier molecular flexibility index (Phi) is 5.79. The predicted molar refractivity (Wildman–Crippen MR) is 127 cm³/mol. The van der Waals surface area contributed by atoms with Gasteiger partial charge in [-0.3, -0.25) is 9.20 Å². The van der Waals surface area contributed by atoms with E-state index in [1.54, 1.807) is 23.0 Å². The lowest BCUT2D eigenvalue weighted by Gasteiger charge is -2.08. The van der Waals surface area contributed by atoms with Crippen molar-refractivity contribution in [3.63, 3.8) is 0 Å². The molecule has 5 aromatic rings. The summed E-state index contributed by atoms with van der Waals surface area (Å²) in [6.07, 6.45) is 3.07. The normalized spacial score (nSPS) is 11.4. The molecule has 0 saturated carbocycles. The molecule has 0 saturated heterocycles. The first kappa shape index (κ1) is 21.4. The molecule has 0 unspecified atom stereocenters. The Balaban J connectivity index is 1.55. The Labute approximate surface area is 197 Å². The highest BCUT2D eigenvalue weighted by molar-refractivity contribution is 7.99. The fourth-order valence-corrected chi connectivity index (χ4v) is 4.13. The molecule has 0 fully saturated rings. The zero-order valence-electron chi connectivity index (χ0n) is 18.2. The van der Waals surface area contributed by atoms with E-state index >= 15 is 0 Å². The number of aryl methyl sites for hydroxylation is 2. The van der Waals surface area contributed by atoms with Crippen LogP contribution in [-0.4, -0.2) is 45.8 Å². The minimum atomic E-state index is -0.279. The van der Waals surface area contributed by atoms with E-state index in [-0.39, 0.29) is 11.1 Å². The number of nitrogens with one attached hydrogen (secondary N) is 1. The van der Waals surface area contributed by atoms with Crippen molar-refractivity contribution in [2.24, 2.45) is 5.10 Å². The molecule has 0 bridgehead atoms. The summed E-state index contributed by atoms with van der Waals surface area (Å²) in [6, 6.07) is 16.7. The second-order valence-electron chi connectivity index (χ2n) is 7.22. The summed E-state index contributed by atoms with van der Waals surface area (Å²) in [5.41, 5.74) is 5.68. The van der Waals surface area contributed by atoms with Crippen molar-refractivity contribution in [3.8, 4) is 5.69 Å². The number of pyridine rings is 1. The summed E-state index contributed by atoms with van der Waals surface area (Å²) in [5.74, 6) is 0.338. The number of aromatic nitrogens is 8. The number of benzene rings is 1. The molecule has 0 amide bonds. The van der Waals surface area contributed by atoms with Crippen LogP contribution in [0, 0.1) is 13.8 Å². The highest BCUT2D eigenvalue weighted by Gasteiger charge is 2.17. The standard InChI is InChI=1S/C22H18N10OS/c1-14-12-15(2)25-21(24-14)27-23-13-17-19(26-18-10-6-7-11-31(18)20(17)33)34-22-28-29-30-32(22)16-8-4-3-5-9-16/h3-13H,1-2H3,(H,24,25,27). The van der Waals surface area contributed by atoms with Crippen molar-refractivity contribution in [2.45, 2.75) is 24.0 Å². The first-order valence-electron chi connectivity index (χ1n) is 10.2. The molecule has 4 heterocycles. The summed E-state index contributed by atoms with van der Waals surface area (Å²) >= 11 is 1.17. The van der Waals surface area contributed by atoms with E-state index in [4.69, 9.17) is 0 Å². The molecule has 1 aromatic carbocycles. The van der Waals surface area contributed by atoms with Crippen LogP contribution in [0.5, 0.6) is 0 Å². The maximum absolute atomic E-state index is 13.3. The molecule has 0 aliphatic carbocycles. The van der Waals surface area contributed by atoms with Crippen molar-refractivity contribution in [2.75, 3.05) is 5.43 Å². The van der Waals surface area contributed by atoms with Crippen LogP contribution in [0.2, 0.25) is 0 Å². The minimum absolute atomic E-state index is 0.271. The summed E-state index contributed by atoms with van der Waals surface area (Å²) in [4.78, 5) is 26.5. The fraction of sp³-hybridized carbons (Fsp3) is 0.0909. The Morgan fingerprint density at radius 3 is 2.56 bits per heavy atom. The van der Waals surface area contributed by atoms with Crippen molar-refractivity contribution in [1.29, 1.82) is 0 Å². The van der Waals surface area contributed by atoms with Crippen LogP contribution in [0.4, 0.5) is 5.95 Å². The third kappa shape index (κ3) is 4.38. The number of para-hydroxylation sites is 1. The van der Waals surface area contributed by atoms with Gasteiger partial charge in [0.2, 0.25) is 11.1 Å². The van der Waals surface area contributed by atoms with Crippen LogP contribution < -0.4 is 11.0 Å². The van der Waals surface area contributed by atoms with Gasteiger partial charge in [0.05, 0.1) is 17.5 Å². The third-order valence-corrected chi connectivity index (χ3v) is 5.65. The minimum Gasteiger partial charge on any atom is -0.268 e. The monoisotopic (exact) mass is 470 g/mol. The van der Waals surface area contributed by atoms with Crippen molar-refractivity contribution in [3.05, 3.63) is 88.1 Å². The number of hydrazone groups is 1. The quantitative estimate of drug-likeness (QED) is 0.226. The molecule has 0 aliphatic rings. The molecule has 1 N–H and O–H groups in total. The number of rotatable bonds is 6. The average molecular weight is 471 g/mol. The molecule has 0 radical (unpaired) electrons. The molecule has 34 heavy (non-hydrogen) atoms. The van der Waals surface area contributed by atoms with Gasteiger partial charge in [0, 0.05) is 17.6 Å². The third-order valence-electron chi connectivity index (χ3n) is 4.70. The van der Waals surface area contributed by atoms with Crippen LogP contribution in [0.15, 0.2) is 80.9 Å². The molecular weight excluding hydrogens is 452 g/mol. The van der Waals surface area contributed by atoms with Gasteiger partial charge in [-0.15, -0.1) is 5.10 Å². The van der Waals surface area contributed by atoms with E-state index < -0.39 is 0 Å². The Morgan fingerprint density at radius 2 is 1.76 bits per heavy atom. The van der Waals surface area contributed by atoms with E-state index in [0.29, 0.717) is 21.8 Å². The maximum atomic E-state index is 13.3. The number of tetrazole rings is 1. The number of nitrogens with zero attached hydrogens (tertiary/aromatic N) is 9. The van der Waals surface area contributed by atoms with Gasteiger partial charge in [-0.1, -0.05) is 24.3 Å². The Morgan fingerprint density at radius 1 is 1.00 bits per heavy atom. The average Bonchev–Trinajstić information content (AvgIpc) is 3.29. The van der Waals surface area contributed by atoms with Gasteiger partial charge in [0.15, 0.2) is 0 Å². The molecule has 0 spiro atoms. The van der Waals surface area contributed by atoms with Gasteiger partial charge in [0.25, 0.3) is 5.56 Å².